The number of nitro groups is 1. The van der Waals surface area contributed by atoms with Gasteiger partial charge in [-0.05, 0) is 47.5 Å². The van der Waals surface area contributed by atoms with Crippen LogP contribution in [0.3, 0.4) is 0 Å². The Morgan fingerprint density at radius 2 is 1.67 bits per heavy atom. The predicted octanol–water partition coefficient (Wildman–Crippen LogP) is 7.52. The molecule has 5 rings (SSSR count). The first-order chi connectivity index (χ1) is 21.6. The number of hydrogen-bond acceptors (Lipinski definition) is 6. The molecule has 0 aliphatic carbocycles. The van der Waals surface area contributed by atoms with E-state index in [1.165, 1.54) is 22.3 Å². The fourth-order valence-electron chi connectivity index (χ4n) is 6.18. The van der Waals surface area contributed by atoms with Gasteiger partial charge in [-0.3, -0.25) is 24.5 Å². The number of aryl methyl sites for hydroxylation is 1. The summed E-state index contributed by atoms with van der Waals surface area (Å²) < 4.78 is 0. The topological polar surface area (TPSA) is 110 Å². The van der Waals surface area contributed by atoms with Crippen molar-refractivity contribution in [2.45, 2.75) is 51.7 Å². The number of ketones is 1. The number of nitrogens with one attached hydrogen (secondary N) is 1. The van der Waals surface area contributed by atoms with Gasteiger partial charge in [0.25, 0.3) is 5.69 Å². The summed E-state index contributed by atoms with van der Waals surface area (Å²) in [4.78, 5) is 57.0. The van der Waals surface area contributed by atoms with Crippen LogP contribution in [0.2, 0.25) is 5.02 Å². The van der Waals surface area contributed by atoms with Gasteiger partial charge in [-0.15, -0.1) is 11.3 Å². The second-order valence-electron chi connectivity index (χ2n) is 11.8. The number of amides is 2. The first kappa shape index (κ1) is 32.1. The van der Waals surface area contributed by atoms with Crippen molar-refractivity contribution in [1.29, 1.82) is 0 Å². The van der Waals surface area contributed by atoms with Crippen molar-refractivity contribution in [1.82, 2.24) is 10.2 Å². The molecule has 0 radical (unpaired) electrons. The van der Waals surface area contributed by atoms with Crippen LogP contribution in [-0.2, 0) is 16.1 Å². The molecule has 232 valence electrons. The van der Waals surface area contributed by atoms with E-state index in [2.05, 4.69) is 5.32 Å². The van der Waals surface area contributed by atoms with Crippen molar-refractivity contribution in [3.63, 3.8) is 0 Å². The number of para-hydroxylation sites is 1. The molecule has 1 aromatic heterocycles. The largest absolute Gasteiger partial charge is 0.350 e. The average Bonchev–Trinajstić information content (AvgIpc) is 3.68. The molecule has 0 saturated carbocycles. The van der Waals surface area contributed by atoms with Gasteiger partial charge in [0.2, 0.25) is 11.8 Å². The second kappa shape index (κ2) is 13.7. The first-order valence-electron chi connectivity index (χ1n) is 14.8. The quantitative estimate of drug-likeness (QED) is 0.109. The molecule has 4 atom stereocenters. The summed E-state index contributed by atoms with van der Waals surface area (Å²) in [5, 5.41) is 17.6. The van der Waals surface area contributed by atoms with E-state index in [1.807, 2.05) is 45.0 Å². The Bertz CT molecular complexity index is 1690. The van der Waals surface area contributed by atoms with Gasteiger partial charge < -0.3 is 10.2 Å². The van der Waals surface area contributed by atoms with E-state index < -0.39 is 34.7 Å². The Hall–Kier alpha value is -4.34. The molecule has 1 N–H and O–H groups in total. The molecule has 2 amide bonds. The van der Waals surface area contributed by atoms with Crippen molar-refractivity contribution in [3.8, 4) is 0 Å². The van der Waals surface area contributed by atoms with Crippen LogP contribution in [0.5, 0.6) is 0 Å². The number of carbonyl (C=O) groups excluding carboxylic acids is 3. The lowest BCUT2D eigenvalue weighted by atomic mass is 9.77. The van der Waals surface area contributed by atoms with Gasteiger partial charge in [0.15, 0.2) is 5.78 Å². The minimum atomic E-state index is -1.14. The highest BCUT2D eigenvalue weighted by Crippen LogP contribution is 2.53. The monoisotopic (exact) mass is 643 g/mol. The van der Waals surface area contributed by atoms with Gasteiger partial charge in [-0.25, -0.2) is 0 Å². The van der Waals surface area contributed by atoms with E-state index in [0.29, 0.717) is 15.5 Å². The summed E-state index contributed by atoms with van der Waals surface area (Å²) in [6.07, 6.45) is 0.0894. The Morgan fingerprint density at radius 3 is 2.29 bits per heavy atom. The van der Waals surface area contributed by atoms with Crippen LogP contribution in [0.15, 0.2) is 90.3 Å². The third-order valence-corrected chi connectivity index (χ3v) is 9.30. The maximum atomic E-state index is 14.5. The minimum absolute atomic E-state index is 0.0683. The summed E-state index contributed by atoms with van der Waals surface area (Å²) in [6.45, 7) is 5.97. The van der Waals surface area contributed by atoms with E-state index in [-0.39, 0.29) is 41.8 Å². The summed E-state index contributed by atoms with van der Waals surface area (Å²) in [7, 11) is 0. The van der Waals surface area contributed by atoms with Crippen molar-refractivity contribution >= 4 is 46.2 Å². The molecule has 1 fully saturated rings. The predicted molar refractivity (Wildman–Crippen MR) is 175 cm³/mol. The number of thiophene rings is 1. The summed E-state index contributed by atoms with van der Waals surface area (Å²) >= 11 is 7.51. The van der Waals surface area contributed by atoms with Gasteiger partial charge >= 0.3 is 0 Å². The molecule has 0 bridgehead atoms. The SMILES string of the molecule is Cc1ccc(CNC(=O)C2C(c3ccc(Cl)cc3)C(C(=O)c3cccs3)C(c3ccccc3[N+](=O)[O-])N2C(=O)CC(C)C)cc1. The van der Waals surface area contributed by atoms with Crippen LogP contribution in [-0.4, -0.2) is 33.5 Å². The molecule has 10 heteroatoms. The first-order valence-corrected chi connectivity index (χ1v) is 16.0. The summed E-state index contributed by atoms with van der Waals surface area (Å²) in [6, 6.07) is 22.0. The van der Waals surface area contributed by atoms with Crippen molar-refractivity contribution in [3.05, 3.63) is 133 Å². The third-order valence-electron chi connectivity index (χ3n) is 8.17. The van der Waals surface area contributed by atoms with Crippen molar-refractivity contribution < 1.29 is 19.3 Å². The fraction of sp³-hybridized carbons (Fsp3) is 0.286. The third kappa shape index (κ3) is 6.84. The van der Waals surface area contributed by atoms with Gasteiger partial charge in [0, 0.05) is 30.0 Å². The van der Waals surface area contributed by atoms with Gasteiger partial charge in [0.05, 0.1) is 27.3 Å². The van der Waals surface area contributed by atoms with E-state index in [4.69, 9.17) is 11.6 Å². The highest BCUT2D eigenvalue weighted by Gasteiger charge is 2.58. The molecular formula is C35H34ClN3O5S. The van der Waals surface area contributed by atoms with E-state index in [0.717, 1.165) is 11.1 Å². The number of rotatable bonds is 10. The van der Waals surface area contributed by atoms with Crippen LogP contribution < -0.4 is 5.32 Å². The Morgan fingerprint density at radius 1 is 0.978 bits per heavy atom. The maximum absolute atomic E-state index is 14.5. The highest BCUT2D eigenvalue weighted by atomic mass is 35.5. The number of Topliss-reactive ketones (excluding diaryl/α,β-unsaturated/α-hetero) is 1. The molecule has 1 saturated heterocycles. The zero-order valence-electron chi connectivity index (χ0n) is 25.2. The second-order valence-corrected chi connectivity index (χ2v) is 13.1. The lowest BCUT2D eigenvalue weighted by Gasteiger charge is -2.32. The Labute approximate surface area is 271 Å². The number of nitro benzene ring substituents is 1. The zero-order chi connectivity index (χ0) is 32.2. The Kier molecular flexibility index (Phi) is 9.80. The van der Waals surface area contributed by atoms with Crippen molar-refractivity contribution in [2.75, 3.05) is 0 Å². The summed E-state index contributed by atoms with van der Waals surface area (Å²) in [5.74, 6) is -2.99. The van der Waals surface area contributed by atoms with Crippen LogP contribution in [0.1, 0.15) is 64.2 Å². The number of nitrogens with zero attached hydrogens (tertiary/aromatic N) is 2. The molecule has 45 heavy (non-hydrogen) atoms. The van der Waals surface area contributed by atoms with Gasteiger partial charge in [-0.2, -0.15) is 0 Å². The molecule has 4 unspecified atom stereocenters. The standard InChI is InChI=1S/C35H34ClN3O5S/c1-21(2)19-29(40)38-32(26-7-4-5-8-27(26)39(43)44)31(34(41)28-9-6-18-45-28)30(24-14-16-25(36)17-15-24)33(38)35(42)37-20-23-12-10-22(3)11-13-23/h4-18,21,30-33H,19-20H2,1-3H3,(H,37,42). The van der Waals surface area contributed by atoms with Crippen LogP contribution in [0.25, 0.3) is 0 Å². The molecule has 3 aromatic carbocycles. The van der Waals surface area contributed by atoms with E-state index in [1.54, 1.807) is 60.0 Å². The molecule has 4 aromatic rings. The maximum Gasteiger partial charge on any atom is 0.274 e. The number of likely N-dealkylation sites (tertiary alicyclic amines) is 1. The van der Waals surface area contributed by atoms with Gasteiger partial charge in [-0.1, -0.05) is 91.7 Å². The van der Waals surface area contributed by atoms with Crippen LogP contribution in [0.4, 0.5) is 5.69 Å². The van der Waals surface area contributed by atoms with E-state index >= 15 is 0 Å². The molecular weight excluding hydrogens is 610 g/mol. The number of hydrogen-bond donors (Lipinski definition) is 1. The number of halogens is 1. The number of carbonyl (C=O) groups is 3. The molecule has 1 aliphatic heterocycles. The minimum Gasteiger partial charge on any atom is -0.350 e. The lowest BCUT2D eigenvalue weighted by Crippen LogP contribution is -2.48. The van der Waals surface area contributed by atoms with Gasteiger partial charge in [0.1, 0.15) is 6.04 Å². The molecule has 1 aliphatic rings. The normalized spacial score (nSPS) is 19.4. The molecule has 2 heterocycles. The fourth-order valence-corrected chi connectivity index (χ4v) is 7.02. The molecule has 0 spiro atoms. The van der Waals surface area contributed by atoms with E-state index in [9.17, 15) is 24.5 Å². The van der Waals surface area contributed by atoms with Crippen LogP contribution in [0, 0.1) is 28.9 Å². The van der Waals surface area contributed by atoms with Crippen LogP contribution >= 0.6 is 22.9 Å². The lowest BCUT2D eigenvalue weighted by molar-refractivity contribution is -0.386. The highest BCUT2D eigenvalue weighted by molar-refractivity contribution is 7.12. The summed E-state index contributed by atoms with van der Waals surface area (Å²) in [5.41, 5.74) is 2.58. The smallest absolute Gasteiger partial charge is 0.274 e. The Balaban J connectivity index is 1.73. The average molecular weight is 644 g/mol. The van der Waals surface area contributed by atoms with Crippen molar-refractivity contribution in [2.24, 2.45) is 11.8 Å². The number of benzene rings is 3. The zero-order valence-corrected chi connectivity index (χ0v) is 26.8. The molecule has 8 nitrogen and oxygen atoms in total.